The van der Waals surface area contributed by atoms with E-state index in [0.29, 0.717) is 5.95 Å². The van der Waals surface area contributed by atoms with E-state index in [1.54, 1.807) is 0 Å². The summed E-state index contributed by atoms with van der Waals surface area (Å²) < 4.78 is 0. The maximum atomic E-state index is 4.63. The van der Waals surface area contributed by atoms with Gasteiger partial charge in [0.05, 0.1) is 5.69 Å². The summed E-state index contributed by atoms with van der Waals surface area (Å²) in [4.78, 5) is 8.95. The fourth-order valence-electron chi connectivity index (χ4n) is 1.94. The summed E-state index contributed by atoms with van der Waals surface area (Å²) >= 11 is 0. The molecular weight excluding hydrogens is 234 g/mol. The Labute approximate surface area is 115 Å². The number of aryl methyl sites for hydroxylation is 3. The van der Waals surface area contributed by atoms with Crippen LogP contribution in [0.5, 0.6) is 0 Å². The lowest BCUT2D eigenvalue weighted by Crippen LogP contribution is -2.05. The highest BCUT2D eigenvalue weighted by Crippen LogP contribution is 2.24. The fourth-order valence-corrected chi connectivity index (χ4v) is 1.94. The second-order valence-electron chi connectivity index (χ2n) is 4.95. The summed E-state index contributed by atoms with van der Waals surface area (Å²) in [5.74, 6) is 0.709. The number of rotatable bonds is 4. The van der Waals surface area contributed by atoms with Crippen LogP contribution in [-0.4, -0.2) is 16.5 Å². The molecule has 19 heavy (non-hydrogen) atoms. The SMILES string of the molecule is CCCNc1ncc(C)c(-c2ccc(C)c(C)c2)n1. The highest BCUT2D eigenvalue weighted by Gasteiger charge is 2.07. The van der Waals surface area contributed by atoms with Gasteiger partial charge in [0.1, 0.15) is 0 Å². The molecule has 1 N–H and O–H groups in total. The molecule has 0 radical (unpaired) electrons. The molecule has 0 amide bonds. The first-order chi connectivity index (χ1) is 9.11. The largest absolute Gasteiger partial charge is 0.354 e. The molecule has 2 rings (SSSR count). The van der Waals surface area contributed by atoms with Crippen molar-refractivity contribution < 1.29 is 0 Å². The van der Waals surface area contributed by atoms with Crippen LogP contribution < -0.4 is 5.32 Å². The molecule has 0 aliphatic heterocycles. The summed E-state index contributed by atoms with van der Waals surface area (Å²) in [5, 5.41) is 3.24. The van der Waals surface area contributed by atoms with E-state index in [0.717, 1.165) is 29.8 Å². The number of hydrogen-bond acceptors (Lipinski definition) is 3. The molecule has 0 saturated carbocycles. The van der Waals surface area contributed by atoms with Gasteiger partial charge in [-0.15, -0.1) is 0 Å². The van der Waals surface area contributed by atoms with E-state index in [4.69, 9.17) is 0 Å². The standard InChI is InChI=1S/C16H21N3/c1-5-8-17-16-18-10-13(4)15(19-16)14-7-6-11(2)12(3)9-14/h6-7,9-10H,5,8H2,1-4H3,(H,17,18,19). The normalized spacial score (nSPS) is 10.5. The monoisotopic (exact) mass is 255 g/mol. The minimum absolute atomic E-state index is 0.709. The first-order valence-corrected chi connectivity index (χ1v) is 6.77. The van der Waals surface area contributed by atoms with Gasteiger partial charge >= 0.3 is 0 Å². The Kier molecular flexibility index (Phi) is 4.15. The molecule has 0 bridgehead atoms. The van der Waals surface area contributed by atoms with Crippen molar-refractivity contribution in [2.45, 2.75) is 34.1 Å². The zero-order valence-electron chi connectivity index (χ0n) is 12.1. The summed E-state index contributed by atoms with van der Waals surface area (Å²) in [5.41, 5.74) is 5.86. The first kappa shape index (κ1) is 13.5. The van der Waals surface area contributed by atoms with Crippen molar-refractivity contribution >= 4 is 5.95 Å². The van der Waals surface area contributed by atoms with Crippen molar-refractivity contribution in [3.63, 3.8) is 0 Å². The van der Waals surface area contributed by atoms with E-state index in [1.165, 1.54) is 11.1 Å². The van der Waals surface area contributed by atoms with Crippen molar-refractivity contribution in [2.24, 2.45) is 0 Å². The van der Waals surface area contributed by atoms with E-state index in [9.17, 15) is 0 Å². The van der Waals surface area contributed by atoms with Gasteiger partial charge in [-0.25, -0.2) is 9.97 Å². The van der Waals surface area contributed by atoms with Crippen LogP contribution in [0.3, 0.4) is 0 Å². The Balaban J connectivity index is 2.39. The van der Waals surface area contributed by atoms with Crippen LogP contribution in [0.2, 0.25) is 0 Å². The number of nitrogens with one attached hydrogen (secondary N) is 1. The maximum absolute atomic E-state index is 4.63. The van der Waals surface area contributed by atoms with Gasteiger partial charge in [0.15, 0.2) is 0 Å². The van der Waals surface area contributed by atoms with Crippen LogP contribution in [0.25, 0.3) is 11.3 Å². The Morgan fingerprint density at radius 2 is 1.84 bits per heavy atom. The summed E-state index contributed by atoms with van der Waals surface area (Å²) in [6.07, 6.45) is 2.95. The molecule has 2 aromatic rings. The van der Waals surface area contributed by atoms with Gasteiger partial charge in [0.25, 0.3) is 0 Å². The van der Waals surface area contributed by atoms with E-state index >= 15 is 0 Å². The first-order valence-electron chi connectivity index (χ1n) is 6.77. The molecule has 3 heteroatoms. The minimum atomic E-state index is 0.709. The van der Waals surface area contributed by atoms with Gasteiger partial charge in [0, 0.05) is 18.3 Å². The molecule has 0 aliphatic rings. The number of aromatic nitrogens is 2. The second-order valence-corrected chi connectivity index (χ2v) is 4.95. The molecule has 0 spiro atoms. The van der Waals surface area contributed by atoms with E-state index < -0.39 is 0 Å². The average Bonchev–Trinajstić information content (AvgIpc) is 2.41. The molecule has 100 valence electrons. The predicted octanol–water partition coefficient (Wildman–Crippen LogP) is 3.89. The van der Waals surface area contributed by atoms with Crippen LogP contribution in [0, 0.1) is 20.8 Å². The summed E-state index contributed by atoms with van der Waals surface area (Å²) in [6.45, 7) is 9.33. The predicted molar refractivity (Wildman–Crippen MR) is 80.5 cm³/mol. The molecule has 3 nitrogen and oxygen atoms in total. The number of nitrogens with zero attached hydrogens (tertiary/aromatic N) is 2. The van der Waals surface area contributed by atoms with Crippen LogP contribution >= 0.6 is 0 Å². The molecule has 1 heterocycles. The van der Waals surface area contributed by atoms with Gasteiger partial charge < -0.3 is 5.32 Å². The van der Waals surface area contributed by atoms with Crippen molar-refractivity contribution in [3.8, 4) is 11.3 Å². The Morgan fingerprint density at radius 3 is 2.53 bits per heavy atom. The van der Waals surface area contributed by atoms with Gasteiger partial charge in [-0.1, -0.05) is 19.1 Å². The van der Waals surface area contributed by atoms with Crippen molar-refractivity contribution in [1.29, 1.82) is 0 Å². The van der Waals surface area contributed by atoms with Gasteiger partial charge in [-0.3, -0.25) is 0 Å². The van der Waals surface area contributed by atoms with Crippen LogP contribution in [-0.2, 0) is 0 Å². The third-order valence-electron chi connectivity index (χ3n) is 3.29. The molecular formula is C16H21N3. The smallest absolute Gasteiger partial charge is 0.223 e. The Hall–Kier alpha value is -1.90. The molecule has 0 aliphatic carbocycles. The van der Waals surface area contributed by atoms with Crippen LogP contribution in [0.1, 0.15) is 30.0 Å². The summed E-state index contributed by atoms with van der Waals surface area (Å²) in [6, 6.07) is 6.46. The highest BCUT2D eigenvalue weighted by atomic mass is 15.1. The Bertz CT molecular complexity index is 576. The zero-order chi connectivity index (χ0) is 13.8. The molecule has 1 aromatic heterocycles. The lowest BCUT2D eigenvalue weighted by Gasteiger charge is -2.10. The van der Waals surface area contributed by atoms with Crippen molar-refractivity contribution in [2.75, 3.05) is 11.9 Å². The van der Waals surface area contributed by atoms with Crippen LogP contribution in [0.4, 0.5) is 5.95 Å². The van der Waals surface area contributed by atoms with Gasteiger partial charge in [-0.2, -0.15) is 0 Å². The fraction of sp³-hybridized carbons (Fsp3) is 0.375. The third-order valence-corrected chi connectivity index (χ3v) is 3.29. The van der Waals surface area contributed by atoms with E-state index in [2.05, 4.69) is 54.3 Å². The van der Waals surface area contributed by atoms with E-state index in [-0.39, 0.29) is 0 Å². The molecule has 0 unspecified atom stereocenters. The third kappa shape index (κ3) is 3.11. The lowest BCUT2D eigenvalue weighted by molar-refractivity contribution is 0.951. The van der Waals surface area contributed by atoms with Crippen molar-refractivity contribution in [3.05, 3.63) is 41.1 Å². The average molecular weight is 255 g/mol. The highest BCUT2D eigenvalue weighted by molar-refractivity contribution is 5.65. The molecule has 0 atom stereocenters. The second kappa shape index (κ2) is 5.83. The molecule has 0 fully saturated rings. The van der Waals surface area contributed by atoms with Gasteiger partial charge in [-0.05, 0) is 49.9 Å². The number of benzene rings is 1. The zero-order valence-corrected chi connectivity index (χ0v) is 12.1. The number of hydrogen-bond donors (Lipinski definition) is 1. The van der Waals surface area contributed by atoms with Crippen molar-refractivity contribution in [1.82, 2.24) is 9.97 Å². The molecule has 0 saturated heterocycles. The Morgan fingerprint density at radius 1 is 1.05 bits per heavy atom. The minimum Gasteiger partial charge on any atom is -0.354 e. The number of anilines is 1. The van der Waals surface area contributed by atoms with Crippen LogP contribution in [0.15, 0.2) is 24.4 Å². The van der Waals surface area contributed by atoms with E-state index in [1.807, 2.05) is 13.1 Å². The quantitative estimate of drug-likeness (QED) is 0.900. The lowest BCUT2D eigenvalue weighted by atomic mass is 10.0. The topological polar surface area (TPSA) is 37.8 Å². The van der Waals surface area contributed by atoms with Gasteiger partial charge in [0.2, 0.25) is 5.95 Å². The maximum Gasteiger partial charge on any atom is 0.223 e. The summed E-state index contributed by atoms with van der Waals surface area (Å²) in [7, 11) is 0. The molecule has 1 aromatic carbocycles.